The molecule has 0 aromatic heterocycles. The topological polar surface area (TPSA) is 15.3 Å². The molecule has 2 atom stereocenters. The Hall–Kier alpha value is -1.02. The van der Waals surface area contributed by atoms with E-state index in [1.165, 1.54) is 63.0 Å². The van der Waals surface area contributed by atoms with Crippen molar-refractivity contribution in [3.63, 3.8) is 0 Å². The lowest BCUT2D eigenvalue weighted by Crippen LogP contribution is -2.33. The molecular weight excluding hydrogens is 232 g/mol. The number of hydrogen-bond donors (Lipinski definition) is 1. The molecule has 1 fully saturated rings. The van der Waals surface area contributed by atoms with Gasteiger partial charge in [-0.2, -0.15) is 0 Å². The normalized spacial score (nSPS) is 25.8. The van der Waals surface area contributed by atoms with E-state index >= 15 is 0 Å². The summed E-state index contributed by atoms with van der Waals surface area (Å²) < 4.78 is 0. The van der Waals surface area contributed by atoms with E-state index in [0.717, 1.165) is 12.0 Å². The highest BCUT2D eigenvalue weighted by atomic mass is 15.1. The van der Waals surface area contributed by atoms with E-state index in [1.54, 1.807) is 0 Å². The van der Waals surface area contributed by atoms with E-state index in [-0.39, 0.29) is 0 Å². The number of nitrogens with one attached hydrogen (secondary N) is 1. The molecule has 0 amide bonds. The van der Waals surface area contributed by atoms with Crippen LogP contribution in [-0.2, 0) is 6.42 Å². The molecule has 1 aliphatic heterocycles. The minimum absolute atomic E-state index is 0.783. The van der Waals surface area contributed by atoms with Crippen LogP contribution in [-0.4, -0.2) is 25.7 Å². The first-order chi connectivity index (χ1) is 9.34. The van der Waals surface area contributed by atoms with Crippen LogP contribution < -0.4 is 10.2 Å². The smallest absolute Gasteiger partial charge is 0.0399 e. The van der Waals surface area contributed by atoms with Gasteiger partial charge >= 0.3 is 0 Å². The monoisotopic (exact) mass is 258 g/mol. The summed E-state index contributed by atoms with van der Waals surface area (Å²) in [4.78, 5) is 2.55. The Labute approximate surface area is 117 Å². The Morgan fingerprint density at radius 1 is 1.26 bits per heavy atom. The average Bonchev–Trinajstić information content (AvgIpc) is 3.02. The van der Waals surface area contributed by atoms with Crippen molar-refractivity contribution in [2.24, 2.45) is 5.92 Å². The molecule has 3 rings (SSSR count). The molecule has 0 spiro atoms. The zero-order chi connectivity index (χ0) is 13.1. The Balaban J connectivity index is 1.41. The number of benzene rings is 1. The van der Waals surface area contributed by atoms with Gasteiger partial charge in [0.05, 0.1) is 0 Å². The van der Waals surface area contributed by atoms with Gasteiger partial charge in [-0.05, 0) is 49.8 Å². The lowest BCUT2D eigenvalue weighted by atomic mass is 10.1. The maximum atomic E-state index is 3.75. The maximum absolute atomic E-state index is 3.75. The third kappa shape index (κ3) is 2.94. The van der Waals surface area contributed by atoms with Gasteiger partial charge in [0.15, 0.2) is 0 Å². The highest BCUT2D eigenvalue weighted by molar-refractivity contribution is 5.57. The van der Waals surface area contributed by atoms with Crippen LogP contribution in [0.15, 0.2) is 24.3 Å². The minimum Gasteiger partial charge on any atom is -0.371 e. The third-order valence-corrected chi connectivity index (χ3v) is 4.86. The molecule has 2 aliphatic rings. The Kier molecular flexibility index (Phi) is 4.07. The third-order valence-electron chi connectivity index (χ3n) is 4.86. The standard InChI is InChI=1S/C17H26N2/c1-14-6-4-8-16(14)18-11-5-12-19-13-10-15-7-2-3-9-17(15)19/h2-3,7,9,14,16,18H,4-6,8,10-13H2,1H3. The van der Waals surface area contributed by atoms with Crippen LogP contribution in [0.3, 0.4) is 0 Å². The van der Waals surface area contributed by atoms with E-state index in [2.05, 4.69) is 41.4 Å². The molecule has 1 aromatic carbocycles. The van der Waals surface area contributed by atoms with E-state index in [1.807, 2.05) is 0 Å². The summed E-state index contributed by atoms with van der Waals surface area (Å²) >= 11 is 0. The van der Waals surface area contributed by atoms with Crippen molar-refractivity contribution >= 4 is 5.69 Å². The van der Waals surface area contributed by atoms with Crippen LogP contribution in [0.1, 0.15) is 38.2 Å². The molecule has 1 heterocycles. The molecule has 19 heavy (non-hydrogen) atoms. The largest absolute Gasteiger partial charge is 0.371 e. The fraction of sp³-hybridized carbons (Fsp3) is 0.647. The van der Waals surface area contributed by atoms with Crippen molar-refractivity contribution in [2.45, 2.75) is 45.1 Å². The fourth-order valence-corrected chi connectivity index (χ4v) is 3.64. The van der Waals surface area contributed by atoms with Gasteiger partial charge in [0, 0.05) is 24.8 Å². The predicted molar refractivity (Wildman–Crippen MR) is 81.8 cm³/mol. The first-order valence-corrected chi connectivity index (χ1v) is 7.91. The number of fused-ring (bicyclic) bond motifs is 1. The van der Waals surface area contributed by atoms with E-state index in [0.29, 0.717) is 0 Å². The van der Waals surface area contributed by atoms with Crippen molar-refractivity contribution in [2.75, 3.05) is 24.5 Å². The number of anilines is 1. The van der Waals surface area contributed by atoms with Crippen molar-refractivity contribution in [1.82, 2.24) is 5.32 Å². The molecule has 0 radical (unpaired) electrons. The van der Waals surface area contributed by atoms with Crippen LogP contribution in [0.25, 0.3) is 0 Å². The minimum atomic E-state index is 0.783. The van der Waals surface area contributed by atoms with Gasteiger partial charge in [0.25, 0.3) is 0 Å². The van der Waals surface area contributed by atoms with Gasteiger partial charge in [0.2, 0.25) is 0 Å². The molecule has 2 heteroatoms. The van der Waals surface area contributed by atoms with Crippen molar-refractivity contribution in [3.8, 4) is 0 Å². The van der Waals surface area contributed by atoms with Gasteiger partial charge in [-0.25, -0.2) is 0 Å². The molecule has 1 aliphatic carbocycles. The van der Waals surface area contributed by atoms with Crippen LogP contribution in [0.2, 0.25) is 0 Å². The summed E-state index contributed by atoms with van der Waals surface area (Å²) in [6, 6.07) is 9.65. The first-order valence-electron chi connectivity index (χ1n) is 7.91. The van der Waals surface area contributed by atoms with Gasteiger partial charge in [-0.15, -0.1) is 0 Å². The molecule has 1 N–H and O–H groups in total. The zero-order valence-electron chi connectivity index (χ0n) is 12.1. The van der Waals surface area contributed by atoms with E-state index < -0.39 is 0 Å². The highest BCUT2D eigenvalue weighted by Crippen LogP contribution is 2.27. The van der Waals surface area contributed by atoms with E-state index in [4.69, 9.17) is 0 Å². The number of nitrogens with zero attached hydrogens (tertiary/aromatic N) is 1. The van der Waals surface area contributed by atoms with Gasteiger partial charge in [-0.3, -0.25) is 0 Å². The SMILES string of the molecule is CC1CCCC1NCCCN1CCc2ccccc21. The second kappa shape index (κ2) is 5.96. The van der Waals surface area contributed by atoms with Crippen LogP contribution >= 0.6 is 0 Å². The molecule has 104 valence electrons. The summed E-state index contributed by atoms with van der Waals surface area (Å²) in [6.07, 6.45) is 6.70. The number of hydrogen-bond acceptors (Lipinski definition) is 2. The lowest BCUT2D eigenvalue weighted by molar-refractivity contribution is 0.424. The Morgan fingerprint density at radius 2 is 2.16 bits per heavy atom. The predicted octanol–water partition coefficient (Wildman–Crippen LogP) is 3.22. The van der Waals surface area contributed by atoms with Crippen LogP contribution in [0, 0.1) is 5.92 Å². The quantitative estimate of drug-likeness (QED) is 0.816. The van der Waals surface area contributed by atoms with Crippen LogP contribution in [0.5, 0.6) is 0 Å². The molecule has 0 bridgehead atoms. The lowest BCUT2D eigenvalue weighted by Gasteiger charge is -2.21. The number of rotatable bonds is 5. The summed E-state index contributed by atoms with van der Waals surface area (Å²) in [5.74, 6) is 0.882. The number of para-hydroxylation sites is 1. The highest BCUT2D eigenvalue weighted by Gasteiger charge is 2.22. The van der Waals surface area contributed by atoms with Crippen molar-refractivity contribution in [1.29, 1.82) is 0 Å². The molecule has 0 saturated heterocycles. The molecule has 1 aromatic rings. The second-order valence-corrected chi connectivity index (χ2v) is 6.19. The molecule has 2 nitrogen and oxygen atoms in total. The van der Waals surface area contributed by atoms with E-state index in [9.17, 15) is 0 Å². The summed E-state index contributed by atoms with van der Waals surface area (Å²) in [6.45, 7) is 5.97. The van der Waals surface area contributed by atoms with Gasteiger partial charge < -0.3 is 10.2 Å². The molecular formula is C17H26N2. The average molecular weight is 258 g/mol. The molecule has 2 unspecified atom stereocenters. The molecule has 1 saturated carbocycles. The zero-order valence-corrected chi connectivity index (χ0v) is 12.1. The van der Waals surface area contributed by atoms with Crippen LogP contribution in [0.4, 0.5) is 5.69 Å². The van der Waals surface area contributed by atoms with Crippen molar-refractivity contribution in [3.05, 3.63) is 29.8 Å². The Bertz CT molecular complexity index is 415. The summed E-state index contributed by atoms with van der Waals surface area (Å²) in [5.41, 5.74) is 3.00. The summed E-state index contributed by atoms with van der Waals surface area (Å²) in [5, 5.41) is 3.75. The summed E-state index contributed by atoms with van der Waals surface area (Å²) in [7, 11) is 0. The fourth-order valence-electron chi connectivity index (χ4n) is 3.64. The van der Waals surface area contributed by atoms with Gasteiger partial charge in [0.1, 0.15) is 0 Å². The Morgan fingerprint density at radius 3 is 3.00 bits per heavy atom. The van der Waals surface area contributed by atoms with Crippen molar-refractivity contribution < 1.29 is 0 Å². The first kappa shape index (κ1) is 13.0. The maximum Gasteiger partial charge on any atom is 0.0399 e. The van der Waals surface area contributed by atoms with Gasteiger partial charge in [-0.1, -0.05) is 31.5 Å². The second-order valence-electron chi connectivity index (χ2n) is 6.19.